The van der Waals surface area contributed by atoms with Crippen LogP contribution in [0.4, 0.5) is 20.3 Å². The van der Waals surface area contributed by atoms with Crippen molar-refractivity contribution in [3.8, 4) is 0 Å². The number of halogens is 2. The average molecular weight is 264 g/mol. The maximum Gasteiger partial charge on any atom is 0.335 e. The zero-order valence-corrected chi connectivity index (χ0v) is 9.95. The third-order valence-corrected chi connectivity index (χ3v) is 2.34. The fourth-order valence-corrected chi connectivity index (χ4v) is 1.63. The minimum atomic E-state index is -1.10. The largest absolute Gasteiger partial charge is 0.478 e. The van der Waals surface area contributed by atoms with Gasteiger partial charge in [0.15, 0.2) is 0 Å². The van der Waals surface area contributed by atoms with Gasteiger partial charge in [0.25, 0.3) is 0 Å². The van der Waals surface area contributed by atoms with Crippen LogP contribution in [-0.2, 0) is 0 Å². The van der Waals surface area contributed by atoms with Gasteiger partial charge in [-0.05, 0) is 31.2 Å². The van der Waals surface area contributed by atoms with E-state index >= 15 is 0 Å². The van der Waals surface area contributed by atoms with Gasteiger partial charge in [0, 0.05) is 17.4 Å². The van der Waals surface area contributed by atoms with Crippen molar-refractivity contribution in [3.63, 3.8) is 0 Å². The molecule has 1 aromatic heterocycles. The molecule has 6 heteroatoms. The second kappa shape index (κ2) is 5.01. The fraction of sp³-hybridized carbons (Fsp3) is 0.0769. The molecule has 0 saturated heterocycles. The molecule has 2 N–H and O–H groups in total. The predicted octanol–water partition coefficient (Wildman–Crippen LogP) is 3.11. The van der Waals surface area contributed by atoms with Crippen LogP contribution in [0.25, 0.3) is 0 Å². The molecule has 19 heavy (non-hydrogen) atoms. The van der Waals surface area contributed by atoms with E-state index in [-0.39, 0.29) is 17.1 Å². The lowest BCUT2D eigenvalue weighted by molar-refractivity contribution is 0.0696. The van der Waals surface area contributed by atoms with Gasteiger partial charge in [0.05, 0.1) is 5.56 Å². The van der Waals surface area contributed by atoms with Crippen LogP contribution in [0.15, 0.2) is 30.3 Å². The first-order chi connectivity index (χ1) is 8.94. The summed E-state index contributed by atoms with van der Waals surface area (Å²) in [5, 5.41) is 11.6. The molecule has 1 aromatic carbocycles. The number of aryl methyl sites for hydroxylation is 1. The highest BCUT2D eigenvalue weighted by atomic mass is 19.1. The van der Waals surface area contributed by atoms with Crippen LogP contribution in [-0.4, -0.2) is 16.1 Å². The fourth-order valence-electron chi connectivity index (χ4n) is 1.63. The maximum absolute atomic E-state index is 13.0. The van der Waals surface area contributed by atoms with Crippen LogP contribution in [0.2, 0.25) is 0 Å². The average Bonchev–Trinajstić information content (AvgIpc) is 2.26. The SMILES string of the molecule is Cc1cc(C(=O)O)cc(Nc2cc(F)cc(F)c2)n1. The number of anilines is 2. The molecule has 0 aliphatic rings. The second-order valence-corrected chi connectivity index (χ2v) is 3.97. The summed E-state index contributed by atoms with van der Waals surface area (Å²) in [7, 11) is 0. The molecule has 0 atom stereocenters. The van der Waals surface area contributed by atoms with Gasteiger partial charge in [-0.1, -0.05) is 0 Å². The van der Waals surface area contributed by atoms with Gasteiger partial charge in [-0.15, -0.1) is 0 Å². The summed E-state index contributed by atoms with van der Waals surface area (Å²) < 4.78 is 26.0. The minimum Gasteiger partial charge on any atom is -0.478 e. The number of aromatic nitrogens is 1. The topological polar surface area (TPSA) is 62.2 Å². The van der Waals surface area contributed by atoms with Gasteiger partial charge < -0.3 is 10.4 Å². The number of nitrogens with one attached hydrogen (secondary N) is 1. The van der Waals surface area contributed by atoms with Crippen molar-refractivity contribution in [1.82, 2.24) is 4.98 Å². The lowest BCUT2D eigenvalue weighted by Gasteiger charge is -2.08. The zero-order chi connectivity index (χ0) is 14.0. The van der Waals surface area contributed by atoms with Gasteiger partial charge in [-0.3, -0.25) is 0 Å². The lowest BCUT2D eigenvalue weighted by Crippen LogP contribution is -2.02. The minimum absolute atomic E-state index is 0.0480. The molecule has 0 spiro atoms. The number of carboxylic acid groups (broad SMARTS) is 1. The summed E-state index contributed by atoms with van der Waals surface area (Å²) >= 11 is 0. The van der Waals surface area contributed by atoms with Crippen molar-refractivity contribution < 1.29 is 18.7 Å². The monoisotopic (exact) mass is 264 g/mol. The first-order valence-corrected chi connectivity index (χ1v) is 5.39. The van der Waals surface area contributed by atoms with E-state index in [4.69, 9.17) is 5.11 Å². The summed E-state index contributed by atoms with van der Waals surface area (Å²) in [6.45, 7) is 1.63. The summed E-state index contributed by atoms with van der Waals surface area (Å²) in [6.07, 6.45) is 0. The number of benzene rings is 1. The molecule has 0 amide bonds. The van der Waals surface area contributed by atoms with Crippen molar-refractivity contribution in [2.45, 2.75) is 6.92 Å². The van der Waals surface area contributed by atoms with E-state index in [0.29, 0.717) is 5.69 Å². The predicted molar refractivity (Wildman–Crippen MR) is 65.6 cm³/mol. The number of hydrogen-bond acceptors (Lipinski definition) is 3. The highest BCUT2D eigenvalue weighted by Crippen LogP contribution is 2.19. The standard InChI is InChI=1S/C13H10F2N2O2/c1-7-2-8(13(18)19)3-12(16-7)17-11-5-9(14)4-10(15)6-11/h2-6H,1H3,(H,16,17)(H,18,19). The molecule has 98 valence electrons. The Morgan fingerprint density at radius 1 is 1.16 bits per heavy atom. The quantitative estimate of drug-likeness (QED) is 0.894. The highest BCUT2D eigenvalue weighted by molar-refractivity contribution is 5.88. The smallest absolute Gasteiger partial charge is 0.335 e. The molecular formula is C13H10F2N2O2. The van der Waals surface area contributed by atoms with Crippen molar-refractivity contribution in [3.05, 3.63) is 53.2 Å². The molecule has 0 saturated carbocycles. The third kappa shape index (κ3) is 3.25. The van der Waals surface area contributed by atoms with E-state index in [2.05, 4.69) is 10.3 Å². The number of aromatic carboxylic acids is 1. The van der Waals surface area contributed by atoms with Crippen molar-refractivity contribution in [1.29, 1.82) is 0 Å². The molecule has 0 radical (unpaired) electrons. The van der Waals surface area contributed by atoms with Crippen molar-refractivity contribution >= 4 is 17.5 Å². The van der Waals surface area contributed by atoms with E-state index in [1.807, 2.05) is 0 Å². The molecule has 2 aromatic rings. The van der Waals surface area contributed by atoms with Crippen LogP contribution >= 0.6 is 0 Å². The Balaban J connectivity index is 2.35. The molecule has 0 aliphatic carbocycles. The highest BCUT2D eigenvalue weighted by Gasteiger charge is 2.08. The Morgan fingerprint density at radius 3 is 2.37 bits per heavy atom. The Labute approximate surface area is 107 Å². The molecule has 4 nitrogen and oxygen atoms in total. The number of pyridine rings is 1. The summed E-state index contributed by atoms with van der Waals surface area (Å²) in [6, 6.07) is 5.62. The van der Waals surface area contributed by atoms with E-state index in [1.165, 1.54) is 12.1 Å². The third-order valence-electron chi connectivity index (χ3n) is 2.34. The second-order valence-electron chi connectivity index (χ2n) is 3.97. The van der Waals surface area contributed by atoms with Crippen LogP contribution in [0.1, 0.15) is 16.1 Å². The number of hydrogen-bond donors (Lipinski definition) is 2. The summed E-state index contributed by atoms with van der Waals surface area (Å²) in [5.74, 6) is -2.34. The van der Waals surface area contributed by atoms with Gasteiger partial charge in [0.2, 0.25) is 0 Å². The Morgan fingerprint density at radius 2 is 1.79 bits per heavy atom. The van der Waals surface area contributed by atoms with Crippen molar-refractivity contribution in [2.24, 2.45) is 0 Å². The molecule has 0 bridgehead atoms. The number of nitrogens with zero attached hydrogens (tertiary/aromatic N) is 1. The molecule has 0 aliphatic heterocycles. The van der Waals surface area contributed by atoms with E-state index in [9.17, 15) is 13.6 Å². The van der Waals surface area contributed by atoms with E-state index in [1.54, 1.807) is 6.92 Å². The van der Waals surface area contributed by atoms with Gasteiger partial charge >= 0.3 is 5.97 Å². The molecule has 2 rings (SSSR count). The number of rotatable bonds is 3. The number of carbonyl (C=O) groups is 1. The maximum atomic E-state index is 13.0. The van der Waals surface area contributed by atoms with Crippen LogP contribution in [0, 0.1) is 18.6 Å². The number of carboxylic acids is 1. The molecule has 1 heterocycles. The first kappa shape index (κ1) is 12.9. The van der Waals surface area contributed by atoms with Gasteiger partial charge in [0.1, 0.15) is 17.5 Å². The van der Waals surface area contributed by atoms with Gasteiger partial charge in [-0.2, -0.15) is 0 Å². The van der Waals surface area contributed by atoms with Crippen molar-refractivity contribution in [2.75, 3.05) is 5.32 Å². The van der Waals surface area contributed by atoms with E-state index < -0.39 is 17.6 Å². The van der Waals surface area contributed by atoms with E-state index in [0.717, 1.165) is 18.2 Å². The summed E-state index contributed by atoms with van der Waals surface area (Å²) in [4.78, 5) is 14.9. The zero-order valence-electron chi connectivity index (χ0n) is 9.95. The molecule has 0 fully saturated rings. The first-order valence-electron chi connectivity index (χ1n) is 5.39. The Kier molecular flexibility index (Phi) is 3.41. The van der Waals surface area contributed by atoms with Crippen LogP contribution in [0.5, 0.6) is 0 Å². The van der Waals surface area contributed by atoms with Gasteiger partial charge in [-0.25, -0.2) is 18.6 Å². The normalized spacial score (nSPS) is 10.3. The lowest BCUT2D eigenvalue weighted by atomic mass is 10.2. The summed E-state index contributed by atoms with van der Waals surface area (Å²) in [5.41, 5.74) is 0.693. The Hall–Kier alpha value is -2.50. The van der Waals surface area contributed by atoms with Crippen LogP contribution < -0.4 is 5.32 Å². The molecular weight excluding hydrogens is 254 g/mol. The Bertz CT molecular complexity index is 624. The molecule has 0 unspecified atom stereocenters. The van der Waals surface area contributed by atoms with Crippen LogP contribution in [0.3, 0.4) is 0 Å².